The van der Waals surface area contributed by atoms with Crippen LogP contribution in [-0.2, 0) is 11.3 Å². The average molecular weight is 311 g/mol. The largest absolute Gasteiger partial charge is 0.339 e. The monoisotopic (exact) mass is 311 g/mol. The van der Waals surface area contributed by atoms with Crippen LogP contribution in [0.3, 0.4) is 0 Å². The summed E-state index contributed by atoms with van der Waals surface area (Å²) in [6.45, 7) is 10.2. The number of hydrogen-bond acceptors (Lipinski definition) is 5. The third-order valence-corrected chi connectivity index (χ3v) is 4.17. The highest BCUT2D eigenvalue weighted by molar-refractivity contribution is 7.99. The minimum atomic E-state index is 0.204. The molecular formula is C14H25N5OS. The van der Waals surface area contributed by atoms with Gasteiger partial charge in [0.25, 0.3) is 0 Å². The summed E-state index contributed by atoms with van der Waals surface area (Å²) in [6.07, 6.45) is 2.29. The fourth-order valence-electron chi connectivity index (χ4n) is 2.20. The van der Waals surface area contributed by atoms with Gasteiger partial charge in [0.15, 0.2) is 0 Å². The molecule has 1 amide bonds. The molecule has 21 heavy (non-hydrogen) atoms. The van der Waals surface area contributed by atoms with Gasteiger partial charge in [0, 0.05) is 19.1 Å². The standard InChI is InChI=1S/C14H25N5OS/c1-10(2)7-18(12-5-6-12)13(20)9-21-14-15-16-17-19(14)8-11(3)4/h10-12H,5-9H2,1-4H3. The predicted molar refractivity (Wildman–Crippen MR) is 83.0 cm³/mol. The van der Waals surface area contributed by atoms with Crippen molar-refractivity contribution in [3.8, 4) is 0 Å². The van der Waals surface area contributed by atoms with E-state index in [1.807, 2.05) is 4.90 Å². The van der Waals surface area contributed by atoms with Gasteiger partial charge in [0.2, 0.25) is 11.1 Å². The lowest BCUT2D eigenvalue weighted by atomic mass is 10.2. The summed E-state index contributed by atoms with van der Waals surface area (Å²) in [4.78, 5) is 14.5. The Kier molecular flexibility index (Phi) is 5.61. The van der Waals surface area contributed by atoms with Crippen LogP contribution in [0.4, 0.5) is 0 Å². The molecule has 1 fully saturated rings. The fourth-order valence-corrected chi connectivity index (χ4v) is 2.98. The normalized spacial score (nSPS) is 15.0. The Labute approximate surface area is 130 Å². The molecule has 1 aliphatic rings. The molecule has 0 radical (unpaired) electrons. The Hall–Kier alpha value is -1.11. The van der Waals surface area contributed by atoms with Gasteiger partial charge in [0.1, 0.15) is 0 Å². The highest BCUT2D eigenvalue weighted by atomic mass is 32.2. The van der Waals surface area contributed by atoms with E-state index in [2.05, 4.69) is 43.2 Å². The number of tetrazole rings is 1. The van der Waals surface area contributed by atoms with Crippen molar-refractivity contribution in [2.75, 3.05) is 12.3 Å². The first kappa shape index (κ1) is 16.3. The molecule has 0 atom stereocenters. The Morgan fingerprint density at radius 1 is 1.33 bits per heavy atom. The van der Waals surface area contributed by atoms with E-state index < -0.39 is 0 Å². The van der Waals surface area contributed by atoms with Gasteiger partial charge in [-0.3, -0.25) is 4.79 Å². The minimum absolute atomic E-state index is 0.204. The van der Waals surface area contributed by atoms with Crippen LogP contribution in [0.2, 0.25) is 0 Å². The molecule has 118 valence electrons. The Balaban J connectivity index is 1.89. The molecule has 0 aliphatic heterocycles. The quantitative estimate of drug-likeness (QED) is 0.688. The smallest absolute Gasteiger partial charge is 0.233 e. The van der Waals surface area contributed by atoms with Crippen molar-refractivity contribution in [1.29, 1.82) is 0 Å². The van der Waals surface area contributed by atoms with Gasteiger partial charge in [-0.05, 0) is 35.1 Å². The van der Waals surface area contributed by atoms with Crippen LogP contribution in [0.25, 0.3) is 0 Å². The van der Waals surface area contributed by atoms with Crippen molar-refractivity contribution in [2.24, 2.45) is 11.8 Å². The number of amides is 1. The zero-order valence-electron chi connectivity index (χ0n) is 13.3. The highest BCUT2D eigenvalue weighted by Gasteiger charge is 2.32. The van der Waals surface area contributed by atoms with E-state index in [0.29, 0.717) is 23.6 Å². The van der Waals surface area contributed by atoms with Crippen molar-refractivity contribution in [1.82, 2.24) is 25.1 Å². The Morgan fingerprint density at radius 3 is 2.62 bits per heavy atom. The maximum Gasteiger partial charge on any atom is 0.233 e. The molecule has 1 aliphatic carbocycles. The van der Waals surface area contributed by atoms with E-state index in [4.69, 9.17) is 0 Å². The summed E-state index contributed by atoms with van der Waals surface area (Å²) in [6, 6.07) is 0.465. The molecule has 1 saturated carbocycles. The molecule has 2 rings (SSSR count). The van der Waals surface area contributed by atoms with Crippen molar-refractivity contribution < 1.29 is 4.79 Å². The van der Waals surface area contributed by atoms with E-state index in [1.165, 1.54) is 11.8 Å². The summed E-state index contributed by atoms with van der Waals surface area (Å²) in [7, 11) is 0. The third-order valence-electron chi connectivity index (χ3n) is 3.23. The van der Waals surface area contributed by atoms with Gasteiger partial charge in [-0.25, -0.2) is 4.68 Å². The summed E-state index contributed by atoms with van der Waals surface area (Å²) < 4.78 is 1.78. The zero-order chi connectivity index (χ0) is 15.4. The van der Waals surface area contributed by atoms with Crippen LogP contribution in [0.5, 0.6) is 0 Å². The van der Waals surface area contributed by atoms with Crippen LogP contribution in [-0.4, -0.2) is 49.4 Å². The zero-order valence-corrected chi connectivity index (χ0v) is 14.1. The molecule has 0 spiro atoms. The number of nitrogens with zero attached hydrogens (tertiary/aromatic N) is 5. The summed E-state index contributed by atoms with van der Waals surface area (Å²) >= 11 is 1.44. The van der Waals surface area contributed by atoms with Crippen LogP contribution in [0, 0.1) is 11.8 Å². The lowest BCUT2D eigenvalue weighted by Crippen LogP contribution is -2.37. The SMILES string of the molecule is CC(C)CN(C(=O)CSc1nnnn1CC(C)C)C1CC1. The molecule has 0 saturated heterocycles. The lowest BCUT2D eigenvalue weighted by Gasteiger charge is -2.24. The molecule has 0 bridgehead atoms. The van der Waals surface area contributed by atoms with Crippen molar-refractivity contribution in [3.05, 3.63) is 0 Å². The second kappa shape index (κ2) is 7.24. The molecule has 6 nitrogen and oxygen atoms in total. The number of aromatic nitrogens is 4. The van der Waals surface area contributed by atoms with E-state index in [0.717, 1.165) is 31.1 Å². The predicted octanol–water partition coefficient (Wildman–Crippen LogP) is 2.07. The first-order valence-corrected chi connectivity index (χ1v) is 8.64. The van der Waals surface area contributed by atoms with E-state index in [-0.39, 0.29) is 5.91 Å². The molecule has 7 heteroatoms. The second-order valence-corrected chi connectivity index (χ2v) is 7.44. The molecule has 1 aromatic rings. The first-order chi connectivity index (χ1) is 9.97. The lowest BCUT2D eigenvalue weighted by molar-refractivity contribution is -0.129. The number of hydrogen-bond donors (Lipinski definition) is 0. The van der Waals surface area contributed by atoms with Gasteiger partial charge >= 0.3 is 0 Å². The van der Waals surface area contributed by atoms with Crippen LogP contribution >= 0.6 is 11.8 Å². The van der Waals surface area contributed by atoms with Crippen LogP contribution in [0.15, 0.2) is 5.16 Å². The molecule has 1 heterocycles. The van der Waals surface area contributed by atoms with E-state index in [9.17, 15) is 4.79 Å². The first-order valence-electron chi connectivity index (χ1n) is 7.65. The summed E-state index contributed by atoms with van der Waals surface area (Å²) in [5, 5.41) is 12.4. The van der Waals surface area contributed by atoms with Crippen molar-refractivity contribution >= 4 is 17.7 Å². The molecular weight excluding hydrogens is 286 g/mol. The third kappa shape index (κ3) is 4.98. The van der Waals surface area contributed by atoms with Gasteiger partial charge in [0.05, 0.1) is 5.75 Å². The van der Waals surface area contributed by atoms with Crippen LogP contribution < -0.4 is 0 Å². The molecule has 0 unspecified atom stereocenters. The maximum atomic E-state index is 12.4. The minimum Gasteiger partial charge on any atom is -0.339 e. The fraction of sp³-hybridized carbons (Fsp3) is 0.857. The van der Waals surface area contributed by atoms with Gasteiger partial charge in [-0.15, -0.1) is 5.10 Å². The maximum absolute atomic E-state index is 12.4. The Bertz CT molecular complexity index is 470. The number of rotatable bonds is 8. The summed E-state index contributed by atoms with van der Waals surface area (Å²) in [5.41, 5.74) is 0. The topological polar surface area (TPSA) is 63.9 Å². The van der Waals surface area contributed by atoms with E-state index >= 15 is 0 Å². The second-order valence-electron chi connectivity index (χ2n) is 6.50. The van der Waals surface area contributed by atoms with Crippen molar-refractivity contribution in [2.45, 2.75) is 58.3 Å². The van der Waals surface area contributed by atoms with Gasteiger partial charge < -0.3 is 4.90 Å². The van der Waals surface area contributed by atoms with E-state index in [1.54, 1.807) is 4.68 Å². The van der Waals surface area contributed by atoms with Crippen LogP contribution in [0.1, 0.15) is 40.5 Å². The molecule has 1 aromatic heterocycles. The average Bonchev–Trinajstić information content (AvgIpc) is 3.14. The molecule has 0 aromatic carbocycles. The summed E-state index contributed by atoms with van der Waals surface area (Å²) in [5.74, 6) is 1.61. The number of carbonyl (C=O) groups is 1. The number of thioether (sulfide) groups is 1. The van der Waals surface area contributed by atoms with Crippen molar-refractivity contribution in [3.63, 3.8) is 0 Å². The highest BCUT2D eigenvalue weighted by Crippen LogP contribution is 2.28. The van der Waals surface area contributed by atoms with Gasteiger partial charge in [-0.1, -0.05) is 39.5 Å². The Morgan fingerprint density at radius 2 is 2.05 bits per heavy atom. The van der Waals surface area contributed by atoms with Gasteiger partial charge in [-0.2, -0.15) is 0 Å². The number of carbonyl (C=O) groups excluding carboxylic acids is 1. The molecule has 0 N–H and O–H groups in total.